The number of rotatable bonds is 7. The summed E-state index contributed by atoms with van der Waals surface area (Å²) in [5, 5.41) is 20.3. The smallest absolute Gasteiger partial charge is 0.310 e. The van der Waals surface area contributed by atoms with Crippen molar-refractivity contribution in [2.24, 2.45) is 11.8 Å². The average molecular weight is 457 g/mol. The minimum atomic E-state index is -1.23. The first-order valence-corrected chi connectivity index (χ1v) is 11.4. The maximum absolute atomic E-state index is 14.2. The average Bonchev–Trinajstić information content (AvgIpc) is 3.40. The van der Waals surface area contributed by atoms with Crippen LogP contribution in [0.1, 0.15) is 45.2 Å². The van der Waals surface area contributed by atoms with E-state index in [1.165, 1.54) is 4.90 Å². The molecule has 1 aromatic rings. The van der Waals surface area contributed by atoms with E-state index in [4.69, 9.17) is 4.74 Å². The van der Waals surface area contributed by atoms with Crippen LogP contribution in [-0.4, -0.2) is 74.2 Å². The molecule has 1 aromatic carbocycles. The van der Waals surface area contributed by atoms with Crippen molar-refractivity contribution in [2.75, 3.05) is 13.2 Å². The fourth-order valence-corrected chi connectivity index (χ4v) is 5.99. The number of amides is 2. The molecular weight excluding hydrogens is 424 g/mol. The highest BCUT2D eigenvalue weighted by atomic mass is 16.5. The lowest BCUT2D eigenvalue weighted by atomic mass is 9.70. The van der Waals surface area contributed by atoms with Gasteiger partial charge in [0.15, 0.2) is 0 Å². The zero-order valence-electron chi connectivity index (χ0n) is 19.3. The first-order chi connectivity index (χ1) is 15.6. The minimum Gasteiger partial charge on any atom is -0.481 e. The van der Waals surface area contributed by atoms with Crippen LogP contribution in [0.2, 0.25) is 0 Å². The van der Waals surface area contributed by atoms with Crippen LogP contribution in [0.5, 0.6) is 0 Å². The molecule has 3 heterocycles. The minimum absolute atomic E-state index is 0.266. The van der Waals surface area contributed by atoms with Crippen molar-refractivity contribution in [1.29, 1.82) is 0 Å². The second-order valence-corrected chi connectivity index (χ2v) is 10.2. The number of carbonyl (C=O) groups excluding carboxylic acids is 2. The Balaban J connectivity index is 1.87. The molecule has 0 radical (unpaired) electrons. The molecule has 0 aromatic heterocycles. The van der Waals surface area contributed by atoms with Gasteiger partial charge in [-0.25, -0.2) is 0 Å². The van der Waals surface area contributed by atoms with Crippen LogP contribution < -0.4 is 0 Å². The molecule has 0 saturated carbocycles. The van der Waals surface area contributed by atoms with Crippen molar-refractivity contribution in [3.8, 4) is 0 Å². The van der Waals surface area contributed by atoms with Crippen molar-refractivity contribution < 1.29 is 29.3 Å². The fourth-order valence-electron chi connectivity index (χ4n) is 5.99. The number of fused-ring (bicyclic) bond motifs is 1. The number of nitrogens with zero attached hydrogens (tertiary/aromatic N) is 2. The Kier molecular flexibility index (Phi) is 5.87. The van der Waals surface area contributed by atoms with Gasteiger partial charge >= 0.3 is 5.97 Å². The van der Waals surface area contributed by atoms with E-state index in [9.17, 15) is 24.6 Å². The van der Waals surface area contributed by atoms with Crippen LogP contribution in [-0.2, 0) is 19.1 Å². The zero-order valence-corrected chi connectivity index (χ0v) is 19.3. The van der Waals surface area contributed by atoms with E-state index >= 15 is 0 Å². The molecule has 2 N–H and O–H groups in total. The van der Waals surface area contributed by atoms with Gasteiger partial charge < -0.3 is 24.7 Å². The normalized spacial score (nSPS) is 31.4. The van der Waals surface area contributed by atoms with Crippen molar-refractivity contribution in [3.05, 3.63) is 48.6 Å². The lowest BCUT2D eigenvalue weighted by molar-refractivity contribution is -0.155. The molecule has 3 saturated heterocycles. The SMILES string of the molecule is C=CCN(C(=O)C1N([C@H](CO)c2ccccc2)C(=O)[C@@H]2[C@H](C(=O)O)[C@@H]3CCC12O3)C(C)(C)C. The standard InChI is InChI=1S/C25H32N2O6/c1-5-13-26(24(2,3)4)22(30)20-25-12-11-17(33-25)18(23(31)32)19(25)21(29)27(20)16(14-28)15-9-7-6-8-10-15/h5-10,16-20,28H,1,11-14H2,2-4H3,(H,31,32)/t16-,17+,18-,19+,20?,25?/m1/s1. The number of carboxylic acid groups (broad SMARTS) is 1. The molecule has 2 bridgehead atoms. The van der Waals surface area contributed by atoms with E-state index in [2.05, 4.69) is 6.58 Å². The third-order valence-corrected chi connectivity index (χ3v) is 7.34. The fraction of sp³-hybridized carbons (Fsp3) is 0.560. The Morgan fingerprint density at radius 3 is 2.55 bits per heavy atom. The highest BCUT2D eigenvalue weighted by molar-refractivity contribution is 5.98. The third-order valence-electron chi connectivity index (χ3n) is 7.34. The first kappa shape index (κ1) is 23.4. The summed E-state index contributed by atoms with van der Waals surface area (Å²) in [4.78, 5) is 43.3. The maximum Gasteiger partial charge on any atom is 0.310 e. The number of aliphatic hydroxyl groups excluding tert-OH is 1. The van der Waals surface area contributed by atoms with Crippen LogP contribution in [0.25, 0.3) is 0 Å². The molecule has 8 nitrogen and oxygen atoms in total. The molecule has 0 aliphatic carbocycles. The van der Waals surface area contributed by atoms with Crippen molar-refractivity contribution in [1.82, 2.24) is 9.80 Å². The van der Waals surface area contributed by atoms with Gasteiger partial charge in [0.25, 0.3) is 0 Å². The van der Waals surface area contributed by atoms with Gasteiger partial charge in [-0.05, 0) is 39.2 Å². The molecule has 2 amide bonds. The highest BCUT2D eigenvalue weighted by Gasteiger charge is 2.75. The molecule has 3 fully saturated rings. The van der Waals surface area contributed by atoms with Crippen molar-refractivity contribution in [3.63, 3.8) is 0 Å². The number of hydrogen-bond acceptors (Lipinski definition) is 5. The Morgan fingerprint density at radius 1 is 1.33 bits per heavy atom. The molecule has 8 heteroatoms. The second-order valence-electron chi connectivity index (χ2n) is 10.2. The molecule has 6 atom stereocenters. The largest absolute Gasteiger partial charge is 0.481 e. The Morgan fingerprint density at radius 2 is 2.00 bits per heavy atom. The lowest BCUT2D eigenvalue weighted by Crippen LogP contribution is -2.60. The van der Waals surface area contributed by atoms with Crippen LogP contribution in [0.15, 0.2) is 43.0 Å². The van der Waals surface area contributed by atoms with Crippen LogP contribution in [0.3, 0.4) is 0 Å². The van der Waals surface area contributed by atoms with E-state index in [0.29, 0.717) is 18.4 Å². The topological polar surface area (TPSA) is 107 Å². The predicted molar refractivity (Wildman–Crippen MR) is 120 cm³/mol. The van der Waals surface area contributed by atoms with Crippen LogP contribution >= 0.6 is 0 Å². The summed E-state index contributed by atoms with van der Waals surface area (Å²) in [5.74, 6) is -3.83. The Labute approximate surface area is 193 Å². The van der Waals surface area contributed by atoms with Gasteiger partial charge in [0.1, 0.15) is 11.6 Å². The number of likely N-dealkylation sites (tertiary alicyclic amines) is 1. The maximum atomic E-state index is 14.2. The molecule has 33 heavy (non-hydrogen) atoms. The molecule has 1 spiro atoms. The molecule has 3 aliphatic heterocycles. The van der Waals surface area contributed by atoms with Gasteiger partial charge in [0.05, 0.1) is 30.6 Å². The summed E-state index contributed by atoms with van der Waals surface area (Å²) in [6.07, 6.45) is 1.93. The Bertz CT molecular complexity index is 957. The van der Waals surface area contributed by atoms with E-state index < -0.39 is 59.6 Å². The first-order valence-electron chi connectivity index (χ1n) is 11.4. The number of carbonyl (C=O) groups is 3. The summed E-state index contributed by atoms with van der Waals surface area (Å²) in [5.41, 5.74) is -1.12. The number of ether oxygens (including phenoxy) is 1. The van der Waals surface area contributed by atoms with Crippen LogP contribution in [0.4, 0.5) is 0 Å². The molecular formula is C25H32N2O6. The number of benzene rings is 1. The number of carboxylic acids is 1. The lowest BCUT2D eigenvalue weighted by Gasteiger charge is -2.43. The van der Waals surface area contributed by atoms with Gasteiger partial charge in [0.2, 0.25) is 11.8 Å². The van der Waals surface area contributed by atoms with E-state index in [-0.39, 0.29) is 12.5 Å². The second kappa shape index (κ2) is 8.25. The van der Waals surface area contributed by atoms with Gasteiger partial charge in [-0.15, -0.1) is 6.58 Å². The zero-order chi connectivity index (χ0) is 24.1. The number of aliphatic carboxylic acids is 1. The van der Waals surface area contributed by atoms with Crippen LogP contribution in [0, 0.1) is 11.8 Å². The Hall–Kier alpha value is -2.71. The quantitative estimate of drug-likeness (QED) is 0.608. The van der Waals surface area contributed by atoms with E-state index in [0.717, 1.165) is 0 Å². The van der Waals surface area contributed by atoms with Gasteiger partial charge in [-0.2, -0.15) is 0 Å². The summed E-state index contributed by atoms with van der Waals surface area (Å²) >= 11 is 0. The molecule has 178 valence electrons. The number of hydrogen-bond donors (Lipinski definition) is 2. The third kappa shape index (κ3) is 3.47. The van der Waals surface area contributed by atoms with Gasteiger partial charge in [-0.3, -0.25) is 14.4 Å². The van der Waals surface area contributed by atoms with Crippen molar-refractivity contribution in [2.45, 2.75) is 62.9 Å². The van der Waals surface area contributed by atoms with Gasteiger partial charge in [-0.1, -0.05) is 36.4 Å². The van der Waals surface area contributed by atoms with Crippen molar-refractivity contribution >= 4 is 17.8 Å². The molecule has 2 unspecified atom stereocenters. The van der Waals surface area contributed by atoms with Gasteiger partial charge in [0, 0.05) is 12.1 Å². The predicted octanol–water partition coefficient (Wildman–Crippen LogP) is 1.99. The molecule has 3 aliphatic rings. The summed E-state index contributed by atoms with van der Waals surface area (Å²) < 4.78 is 6.27. The number of aliphatic hydroxyl groups is 1. The summed E-state index contributed by atoms with van der Waals surface area (Å²) in [6, 6.07) is 7.18. The summed E-state index contributed by atoms with van der Waals surface area (Å²) in [7, 11) is 0. The van der Waals surface area contributed by atoms with E-state index in [1.807, 2.05) is 26.8 Å². The summed E-state index contributed by atoms with van der Waals surface area (Å²) in [6.45, 7) is 9.35. The van der Waals surface area contributed by atoms with E-state index in [1.54, 1.807) is 35.2 Å². The molecule has 4 rings (SSSR count). The highest BCUT2D eigenvalue weighted by Crippen LogP contribution is 2.60. The monoisotopic (exact) mass is 456 g/mol.